The Labute approximate surface area is 142 Å². The molecule has 1 amide bonds. The number of rotatable bonds is 13. The van der Waals surface area contributed by atoms with Crippen molar-refractivity contribution in [3.8, 4) is 0 Å². The topological polar surface area (TPSA) is 41.5 Å². The summed E-state index contributed by atoms with van der Waals surface area (Å²) < 4.78 is 1.01. The number of aliphatic imine (C=N–C) groups is 1. The van der Waals surface area contributed by atoms with Crippen molar-refractivity contribution >= 4 is 12.1 Å². The molecule has 0 spiro atoms. The summed E-state index contributed by atoms with van der Waals surface area (Å²) in [5.41, 5.74) is 0. The van der Waals surface area contributed by atoms with Crippen LogP contribution in [0.2, 0.25) is 0 Å². The lowest BCUT2D eigenvalue weighted by atomic mass is 10.1. The SMILES string of the molecule is C=CCCCCCCCCC1N=CC[N+]1(CC)CCNC(C)=O. The Morgan fingerprint density at radius 1 is 1.30 bits per heavy atom. The number of quaternary nitrogens is 1. The lowest BCUT2D eigenvalue weighted by Crippen LogP contribution is -2.55. The van der Waals surface area contributed by atoms with Crippen LogP contribution in [0.1, 0.15) is 65.2 Å². The van der Waals surface area contributed by atoms with Gasteiger partial charge in [0.15, 0.2) is 6.17 Å². The van der Waals surface area contributed by atoms with Crippen molar-refractivity contribution in [3.05, 3.63) is 12.7 Å². The first-order chi connectivity index (χ1) is 11.1. The van der Waals surface area contributed by atoms with Crippen LogP contribution >= 0.6 is 0 Å². The Morgan fingerprint density at radius 2 is 2.00 bits per heavy atom. The van der Waals surface area contributed by atoms with Crippen molar-refractivity contribution in [2.24, 2.45) is 4.99 Å². The van der Waals surface area contributed by atoms with Crippen LogP contribution in [0.3, 0.4) is 0 Å². The highest BCUT2D eigenvalue weighted by Gasteiger charge is 2.37. The van der Waals surface area contributed by atoms with Gasteiger partial charge < -0.3 is 5.32 Å². The summed E-state index contributed by atoms with van der Waals surface area (Å²) in [6.45, 7) is 11.4. The van der Waals surface area contributed by atoms with Gasteiger partial charge in [-0.1, -0.05) is 31.8 Å². The molecule has 0 saturated heterocycles. The minimum absolute atomic E-state index is 0.0624. The fraction of sp³-hybridized carbons (Fsp3) is 0.789. The van der Waals surface area contributed by atoms with Crippen molar-refractivity contribution in [2.45, 2.75) is 71.4 Å². The summed E-state index contributed by atoms with van der Waals surface area (Å²) in [7, 11) is 0. The van der Waals surface area contributed by atoms with Gasteiger partial charge >= 0.3 is 0 Å². The smallest absolute Gasteiger partial charge is 0.217 e. The van der Waals surface area contributed by atoms with Gasteiger partial charge in [-0.3, -0.25) is 9.28 Å². The molecule has 0 bridgehead atoms. The monoisotopic (exact) mass is 322 g/mol. The molecule has 1 rings (SSSR count). The van der Waals surface area contributed by atoms with Gasteiger partial charge in [0.05, 0.1) is 25.8 Å². The molecule has 2 atom stereocenters. The number of nitrogens with one attached hydrogen (secondary N) is 1. The van der Waals surface area contributed by atoms with E-state index >= 15 is 0 Å². The first kappa shape index (κ1) is 19.9. The van der Waals surface area contributed by atoms with Gasteiger partial charge in [-0.2, -0.15) is 0 Å². The van der Waals surface area contributed by atoms with Crippen LogP contribution in [0.4, 0.5) is 0 Å². The van der Waals surface area contributed by atoms with Gasteiger partial charge in [0.25, 0.3) is 0 Å². The maximum atomic E-state index is 11.1. The van der Waals surface area contributed by atoms with E-state index in [9.17, 15) is 4.79 Å². The fourth-order valence-corrected chi connectivity index (χ4v) is 3.46. The third-order valence-corrected chi connectivity index (χ3v) is 5.04. The molecule has 4 nitrogen and oxygen atoms in total. The van der Waals surface area contributed by atoms with E-state index < -0.39 is 0 Å². The maximum Gasteiger partial charge on any atom is 0.217 e. The van der Waals surface area contributed by atoms with Gasteiger partial charge in [-0.15, -0.1) is 6.58 Å². The minimum Gasteiger partial charge on any atom is -0.351 e. The molecule has 1 aliphatic rings. The third-order valence-electron chi connectivity index (χ3n) is 5.04. The Hall–Kier alpha value is -1.16. The third kappa shape index (κ3) is 7.30. The fourth-order valence-electron chi connectivity index (χ4n) is 3.46. The molecule has 0 fully saturated rings. The highest BCUT2D eigenvalue weighted by atomic mass is 16.1. The summed E-state index contributed by atoms with van der Waals surface area (Å²) in [6, 6.07) is 0. The Morgan fingerprint density at radius 3 is 2.65 bits per heavy atom. The van der Waals surface area contributed by atoms with Gasteiger partial charge in [-0.25, -0.2) is 4.99 Å². The molecule has 1 aliphatic heterocycles. The van der Waals surface area contributed by atoms with E-state index in [2.05, 4.69) is 25.0 Å². The molecule has 4 heteroatoms. The van der Waals surface area contributed by atoms with Crippen molar-refractivity contribution in [1.82, 2.24) is 5.32 Å². The van der Waals surface area contributed by atoms with Crippen LogP contribution in [0.25, 0.3) is 0 Å². The van der Waals surface area contributed by atoms with Crippen molar-refractivity contribution in [1.29, 1.82) is 0 Å². The van der Waals surface area contributed by atoms with E-state index in [-0.39, 0.29) is 5.91 Å². The quantitative estimate of drug-likeness (QED) is 0.314. The van der Waals surface area contributed by atoms with Crippen molar-refractivity contribution in [3.63, 3.8) is 0 Å². The van der Waals surface area contributed by atoms with E-state index in [1.54, 1.807) is 6.92 Å². The number of nitrogens with zero attached hydrogens (tertiary/aromatic N) is 2. The zero-order valence-corrected chi connectivity index (χ0v) is 15.2. The number of likely N-dealkylation sites (N-methyl/N-ethyl adjacent to an activating group) is 1. The molecule has 1 N–H and O–H groups in total. The highest BCUT2D eigenvalue weighted by Crippen LogP contribution is 2.24. The molecule has 2 unspecified atom stereocenters. The molecular formula is C19H36N3O+. The first-order valence-electron chi connectivity index (χ1n) is 9.37. The molecule has 0 saturated carbocycles. The van der Waals surface area contributed by atoms with Gasteiger partial charge in [-0.05, 0) is 26.2 Å². The van der Waals surface area contributed by atoms with Crippen LogP contribution < -0.4 is 5.32 Å². The summed E-state index contributed by atoms with van der Waals surface area (Å²) in [6.07, 6.45) is 14.7. The van der Waals surface area contributed by atoms with E-state index in [0.717, 1.165) is 37.1 Å². The average Bonchev–Trinajstić information content (AvgIpc) is 2.93. The number of allylic oxidation sites excluding steroid dienone is 1. The van der Waals surface area contributed by atoms with Crippen molar-refractivity contribution in [2.75, 3.05) is 26.2 Å². The molecule has 0 radical (unpaired) electrons. The largest absolute Gasteiger partial charge is 0.351 e. The molecule has 0 aromatic carbocycles. The highest BCUT2D eigenvalue weighted by molar-refractivity contribution is 5.72. The van der Waals surface area contributed by atoms with Crippen LogP contribution in [0.5, 0.6) is 0 Å². The van der Waals surface area contributed by atoms with Crippen molar-refractivity contribution < 1.29 is 9.28 Å². The average molecular weight is 323 g/mol. The maximum absolute atomic E-state index is 11.1. The molecule has 23 heavy (non-hydrogen) atoms. The van der Waals surface area contributed by atoms with E-state index in [4.69, 9.17) is 4.99 Å². The zero-order valence-electron chi connectivity index (χ0n) is 15.2. The van der Waals surface area contributed by atoms with Gasteiger partial charge in [0.1, 0.15) is 6.54 Å². The van der Waals surface area contributed by atoms with E-state index in [1.807, 2.05) is 6.08 Å². The molecular weight excluding hydrogens is 286 g/mol. The second-order valence-electron chi connectivity index (χ2n) is 6.72. The van der Waals surface area contributed by atoms with Crippen LogP contribution in [-0.2, 0) is 4.79 Å². The van der Waals surface area contributed by atoms with Crippen LogP contribution in [-0.4, -0.2) is 48.9 Å². The Bertz CT molecular complexity index is 381. The molecule has 132 valence electrons. The Kier molecular flexibility index (Phi) is 9.85. The molecule has 0 aliphatic carbocycles. The second kappa shape index (κ2) is 11.4. The Balaban J connectivity index is 2.23. The lowest BCUT2D eigenvalue weighted by molar-refractivity contribution is -0.935. The number of carbonyl (C=O) groups is 1. The summed E-state index contributed by atoms with van der Waals surface area (Å²) in [5, 5.41) is 2.94. The second-order valence-corrected chi connectivity index (χ2v) is 6.72. The molecule has 1 heterocycles. The summed E-state index contributed by atoms with van der Waals surface area (Å²) >= 11 is 0. The normalized spacial score (nSPS) is 23.1. The van der Waals surface area contributed by atoms with Gasteiger partial charge in [0, 0.05) is 13.3 Å². The summed E-state index contributed by atoms with van der Waals surface area (Å²) in [5.74, 6) is 0.0624. The predicted octanol–water partition coefficient (Wildman–Crippen LogP) is 3.68. The standard InChI is InChI=1S/C19H35N3O/c1-4-6-7-8-9-10-11-12-13-19-21-15-17-22(19,5-2)16-14-20-18(3)23/h4,15,19H,1,5-14,16-17H2,2-3H3/p+1. The van der Waals surface area contributed by atoms with E-state index in [0.29, 0.717) is 6.17 Å². The summed E-state index contributed by atoms with van der Waals surface area (Å²) in [4.78, 5) is 15.8. The number of unbranched alkanes of at least 4 members (excludes halogenated alkanes) is 6. The van der Waals surface area contributed by atoms with Crippen LogP contribution in [0, 0.1) is 0 Å². The molecule has 0 aromatic heterocycles. The van der Waals surface area contributed by atoms with E-state index in [1.165, 1.54) is 44.9 Å². The lowest BCUT2D eigenvalue weighted by Gasteiger charge is -2.38. The molecule has 0 aromatic rings. The van der Waals surface area contributed by atoms with Gasteiger partial charge in [0.2, 0.25) is 5.91 Å². The zero-order chi connectivity index (χ0) is 17.0. The number of hydrogen-bond acceptors (Lipinski definition) is 2. The minimum atomic E-state index is 0.0624. The number of amides is 1. The predicted molar refractivity (Wildman–Crippen MR) is 98.6 cm³/mol. The number of hydrogen-bond donors (Lipinski definition) is 1. The first-order valence-corrected chi connectivity index (χ1v) is 9.37. The number of carbonyl (C=O) groups excluding carboxylic acids is 1. The van der Waals surface area contributed by atoms with Crippen LogP contribution in [0.15, 0.2) is 17.6 Å².